The van der Waals surface area contributed by atoms with Crippen molar-refractivity contribution in [1.82, 2.24) is 4.90 Å². The molecule has 1 N–H and O–H groups in total. The van der Waals surface area contributed by atoms with Gasteiger partial charge in [0.2, 0.25) is 5.91 Å². The number of benzene rings is 3. The fraction of sp³-hybridized carbons (Fsp3) is 0.200. The van der Waals surface area contributed by atoms with Gasteiger partial charge in [-0.3, -0.25) is 9.59 Å². The minimum absolute atomic E-state index is 0.0284. The molecule has 0 aliphatic carbocycles. The number of fused-ring (bicyclic) bond motifs is 1. The lowest BCUT2D eigenvalue weighted by atomic mass is 9.94. The van der Waals surface area contributed by atoms with Crippen molar-refractivity contribution in [3.63, 3.8) is 0 Å². The third-order valence-corrected chi connectivity index (χ3v) is 5.19. The number of hydrogen-bond acceptors (Lipinski definition) is 3. The van der Waals surface area contributed by atoms with Crippen LogP contribution in [0.4, 0.5) is 5.69 Å². The number of anilines is 1. The standard InChI is InChI=1S/C25H24N2O3/c1-3-30-20-12-10-19(11-13-20)25(29)27-16-23(28)26-22-14-9-17(2)15-21(22)24(27)18-7-5-4-6-8-18/h4-15,24H,3,16H2,1-2H3,(H,26,28)/t24-/m1/s1. The van der Waals surface area contributed by atoms with Crippen LogP contribution in [-0.2, 0) is 4.79 Å². The van der Waals surface area contributed by atoms with E-state index < -0.39 is 0 Å². The van der Waals surface area contributed by atoms with Crippen LogP contribution in [0.1, 0.15) is 40.0 Å². The average molecular weight is 400 g/mol. The second-order valence-corrected chi connectivity index (χ2v) is 7.34. The van der Waals surface area contributed by atoms with E-state index in [4.69, 9.17) is 4.74 Å². The Kier molecular flexibility index (Phi) is 5.53. The third-order valence-electron chi connectivity index (χ3n) is 5.19. The molecule has 0 fully saturated rings. The second-order valence-electron chi connectivity index (χ2n) is 7.34. The van der Waals surface area contributed by atoms with Crippen molar-refractivity contribution in [1.29, 1.82) is 0 Å². The van der Waals surface area contributed by atoms with Gasteiger partial charge in [0, 0.05) is 16.8 Å². The van der Waals surface area contributed by atoms with E-state index in [0.29, 0.717) is 17.9 Å². The lowest BCUT2D eigenvalue weighted by Crippen LogP contribution is -2.39. The molecule has 3 aromatic rings. The highest BCUT2D eigenvalue weighted by Crippen LogP contribution is 2.37. The zero-order valence-electron chi connectivity index (χ0n) is 17.1. The van der Waals surface area contributed by atoms with Gasteiger partial charge < -0.3 is 15.0 Å². The van der Waals surface area contributed by atoms with E-state index in [1.54, 1.807) is 29.2 Å². The molecule has 1 atom stereocenters. The zero-order valence-corrected chi connectivity index (χ0v) is 17.1. The van der Waals surface area contributed by atoms with E-state index in [0.717, 1.165) is 22.4 Å². The molecular formula is C25H24N2O3. The van der Waals surface area contributed by atoms with Gasteiger partial charge in [0.25, 0.3) is 5.91 Å². The van der Waals surface area contributed by atoms with E-state index in [2.05, 4.69) is 5.32 Å². The van der Waals surface area contributed by atoms with Gasteiger partial charge in [-0.05, 0) is 49.7 Å². The van der Waals surface area contributed by atoms with Gasteiger partial charge in [-0.15, -0.1) is 0 Å². The Morgan fingerprint density at radius 2 is 1.80 bits per heavy atom. The maximum absolute atomic E-state index is 13.6. The molecule has 3 aromatic carbocycles. The summed E-state index contributed by atoms with van der Waals surface area (Å²) in [6, 6.07) is 22.4. The Hall–Kier alpha value is -3.60. The second kappa shape index (κ2) is 8.41. The van der Waals surface area contributed by atoms with E-state index in [9.17, 15) is 9.59 Å². The number of rotatable bonds is 4. The zero-order chi connectivity index (χ0) is 21.1. The highest BCUT2D eigenvalue weighted by atomic mass is 16.5. The summed E-state index contributed by atoms with van der Waals surface area (Å²) < 4.78 is 5.48. The summed E-state index contributed by atoms with van der Waals surface area (Å²) in [5.74, 6) is 0.303. The van der Waals surface area contributed by atoms with Crippen LogP contribution >= 0.6 is 0 Å². The van der Waals surface area contributed by atoms with Gasteiger partial charge in [0.1, 0.15) is 12.3 Å². The van der Waals surface area contributed by atoms with Crippen LogP contribution in [0.3, 0.4) is 0 Å². The van der Waals surface area contributed by atoms with Crippen molar-refractivity contribution in [2.24, 2.45) is 0 Å². The molecule has 4 rings (SSSR count). The number of amides is 2. The molecule has 5 heteroatoms. The van der Waals surface area contributed by atoms with E-state index in [1.165, 1.54) is 0 Å². The number of carbonyl (C=O) groups is 2. The Labute approximate surface area is 176 Å². The van der Waals surface area contributed by atoms with Crippen molar-refractivity contribution < 1.29 is 14.3 Å². The first-order chi connectivity index (χ1) is 14.6. The molecule has 1 aliphatic rings. The first kappa shape index (κ1) is 19.7. The van der Waals surface area contributed by atoms with Crippen molar-refractivity contribution in [2.75, 3.05) is 18.5 Å². The Morgan fingerprint density at radius 3 is 2.50 bits per heavy atom. The predicted molar refractivity (Wildman–Crippen MR) is 117 cm³/mol. The summed E-state index contributed by atoms with van der Waals surface area (Å²) in [5.41, 5.74) is 4.19. The van der Waals surface area contributed by atoms with Crippen molar-refractivity contribution in [3.05, 3.63) is 95.1 Å². The molecule has 0 saturated carbocycles. The Balaban J connectivity index is 1.81. The van der Waals surface area contributed by atoms with E-state index >= 15 is 0 Å². The highest BCUT2D eigenvalue weighted by Gasteiger charge is 2.33. The van der Waals surface area contributed by atoms with Crippen LogP contribution in [0.5, 0.6) is 5.75 Å². The smallest absolute Gasteiger partial charge is 0.255 e. The topological polar surface area (TPSA) is 58.6 Å². The quantitative estimate of drug-likeness (QED) is 0.698. The minimum Gasteiger partial charge on any atom is -0.494 e. The number of nitrogens with zero attached hydrogens (tertiary/aromatic N) is 1. The molecular weight excluding hydrogens is 376 g/mol. The van der Waals surface area contributed by atoms with E-state index in [-0.39, 0.29) is 24.4 Å². The molecule has 0 bridgehead atoms. The average Bonchev–Trinajstić information content (AvgIpc) is 2.90. The SMILES string of the molecule is CCOc1ccc(C(=O)N2CC(=O)Nc3ccc(C)cc3[C@H]2c2ccccc2)cc1. The van der Waals surface area contributed by atoms with Crippen molar-refractivity contribution in [3.8, 4) is 5.75 Å². The normalized spacial score (nSPS) is 15.7. The molecule has 0 aromatic heterocycles. The molecule has 2 amide bonds. The first-order valence-corrected chi connectivity index (χ1v) is 10.1. The molecule has 0 saturated heterocycles. The number of aryl methyl sites for hydroxylation is 1. The Bertz CT molecular complexity index is 1060. The van der Waals surface area contributed by atoms with Crippen LogP contribution in [0.15, 0.2) is 72.8 Å². The fourth-order valence-electron chi connectivity index (χ4n) is 3.84. The van der Waals surface area contributed by atoms with Crippen LogP contribution in [0, 0.1) is 6.92 Å². The van der Waals surface area contributed by atoms with Crippen LogP contribution < -0.4 is 10.1 Å². The molecule has 1 heterocycles. The lowest BCUT2D eigenvalue weighted by molar-refractivity contribution is -0.117. The first-order valence-electron chi connectivity index (χ1n) is 10.1. The highest BCUT2D eigenvalue weighted by molar-refractivity contribution is 6.01. The van der Waals surface area contributed by atoms with Crippen LogP contribution in [0.25, 0.3) is 0 Å². The monoisotopic (exact) mass is 400 g/mol. The molecule has 30 heavy (non-hydrogen) atoms. The third kappa shape index (κ3) is 3.92. The number of carbonyl (C=O) groups excluding carboxylic acids is 2. The number of hydrogen-bond donors (Lipinski definition) is 1. The van der Waals surface area contributed by atoms with Crippen LogP contribution in [0.2, 0.25) is 0 Å². The lowest BCUT2D eigenvalue weighted by Gasteiger charge is -2.31. The number of nitrogens with one attached hydrogen (secondary N) is 1. The van der Waals surface area contributed by atoms with Gasteiger partial charge in [-0.2, -0.15) is 0 Å². The largest absolute Gasteiger partial charge is 0.494 e. The fourth-order valence-corrected chi connectivity index (χ4v) is 3.84. The number of ether oxygens (including phenoxy) is 1. The molecule has 1 aliphatic heterocycles. The van der Waals surface area contributed by atoms with Gasteiger partial charge >= 0.3 is 0 Å². The molecule has 0 unspecified atom stereocenters. The summed E-state index contributed by atoms with van der Waals surface area (Å²) in [5, 5.41) is 2.96. The van der Waals surface area contributed by atoms with Gasteiger partial charge in [-0.25, -0.2) is 0 Å². The maximum Gasteiger partial charge on any atom is 0.255 e. The summed E-state index contributed by atoms with van der Waals surface area (Å²) in [7, 11) is 0. The molecule has 0 radical (unpaired) electrons. The summed E-state index contributed by atoms with van der Waals surface area (Å²) >= 11 is 0. The van der Waals surface area contributed by atoms with Crippen molar-refractivity contribution >= 4 is 17.5 Å². The summed E-state index contributed by atoms with van der Waals surface area (Å²) in [6.07, 6.45) is 0. The summed E-state index contributed by atoms with van der Waals surface area (Å²) in [6.45, 7) is 4.46. The van der Waals surface area contributed by atoms with Gasteiger partial charge in [0.15, 0.2) is 0 Å². The molecule has 152 valence electrons. The van der Waals surface area contributed by atoms with Gasteiger partial charge in [0.05, 0.1) is 12.6 Å². The summed E-state index contributed by atoms with van der Waals surface area (Å²) in [4.78, 5) is 27.9. The predicted octanol–water partition coefficient (Wildman–Crippen LogP) is 4.58. The van der Waals surface area contributed by atoms with Crippen LogP contribution in [-0.4, -0.2) is 29.9 Å². The van der Waals surface area contributed by atoms with Crippen molar-refractivity contribution in [2.45, 2.75) is 19.9 Å². The van der Waals surface area contributed by atoms with E-state index in [1.807, 2.05) is 62.4 Å². The molecule has 5 nitrogen and oxygen atoms in total. The maximum atomic E-state index is 13.6. The minimum atomic E-state index is -0.376. The Morgan fingerprint density at radius 1 is 1.07 bits per heavy atom. The van der Waals surface area contributed by atoms with Gasteiger partial charge in [-0.1, -0.05) is 48.0 Å². The molecule has 0 spiro atoms.